The molecule has 170 valence electrons. The second-order valence-corrected chi connectivity index (χ2v) is 8.72. The molecule has 0 bridgehead atoms. The molecule has 0 unspecified atom stereocenters. The van der Waals surface area contributed by atoms with E-state index in [1.165, 1.54) is 48.5 Å². The predicted molar refractivity (Wildman–Crippen MR) is 116 cm³/mol. The topological polar surface area (TPSA) is 134 Å². The first-order chi connectivity index (χ1) is 15.8. The Hall–Kier alpha value is -3.96. The zero-order valence-electron chi connectivity index (χ0n) is 17.1. The zero-order valence-corrected chi connectivity index (χ0v) is 17.9. The zero-order chi connectivity index (χ0) is 23.4. The highest BCUT2D eigenvalue weighted by atomic mass is 32.2. The summed E-state index contributed by atoms with van der Waals surface area (Å²) in [6.07, 6.45) is 0. The molecule has 0 saturated carbocycles. The van der Waals surface area contributed by atoms with Crippen LogP contribution in [0.25, 0.3) is 0 Å². The highest BCUT2D eigenvalue weighted by molar-refractivity contribution is 7.92. The number of benzene rings is 3. The average molecular weight is 470 g/mol. The van der Waals surface area contributed by atoms with E-state index in [0.717, 1.165) is 0 Å². The molecule has 0 aliphatic carbocycles. The van der Waals surface area contributed by atoms with Gasteiger partial charge in [-0.1, -0.05) is 24.3 Å². The number of hydrogen-bond acceptors (Lipinski definition) is 8. The lowest BCUT2D eigenvalue weighted by molar-refractivity contribution is -0.385. The minimum atomic E-state index is -3.83. The van der Waals surface area contributed by atoms with Crippen LogP contribution in [-0.4, -0.2) is 26.1 Å². The van der Waals surface area contributed by atoms with Crippen LogP contribution in [0.3, 0.4) is 0 Å². The largest absolute Gasteiger partial charge is 0.467 e. The van der Waals surface area contributed by atoms with Crippen molar-refractivity contribution >= 4 is 27.4 Å². The number of nitro benzene ring substituents is 1. The van der Waals surface area contributed by atoms with E-state index in [1.54, 1.807) is 18.2 Å². The molecule has 33 heavy (non-hydrogen) atoms. The fraction of sp³-hybridized carbons (Fsp3) is 0.136. The van der Waals surface area contributed by atoms with E-state index in [0.29, 0.717) is 16.9 Å². The summed E-state index contributed by atoms with van der Waals surface area (Å²) in [5.74, 6) is -0.355. The third-order valence-electron chi connectivity index (χ3n) is 4.75. The van der Waals surface area contributed by atoms with E-state index in [-0.39, 0.29) is 41.8 Å². The van der Waals surface area contributed by atoms with Crippen molar-refractivity contribution in [2.45, 2.75) is 18.1 Å². The highest BCUT2D eigenvalue weighted by Gasteiger charge is 2.22. The Morgan fingerprint density at radius 3 is 2.64 bits per heavy atom. The van der Waals surface area contributed by atoms with Crippen molar-refractivity contribution in [3.8, 4) is 5.75 Å². The molecule has 0 aromatic heterocycles. The minimum absolute atomic E-state index is 0.0185. The van der Waals surface area contributed by atoms with E-state index in [1.807, 2.05) is 0 Å². The van der Waals surface area contributed by atoms with Crippen molar-refractivity contribution in [3.63, 3.8) is 0 Å². The normalized spacial score (nSPS) is 12.8. The second-order valence-electron chi connectivity index (χ2n) is 7.04. The number of non-ortho nitro benzene ring substituents is 1. The van der Waals surface area contributed by atoms with Crippen molar-refractivity contribution in [3.05, 3.63) is 93.5 Å². The van der Waals surface area contributed by atoms with Crippen LogP contribution >= 0.6 is 0 Å². The number of ether oxygens (including phenoxy) is 3. The molecule has 1 heterocycles. The summed E-state index contributed by atoms with van der Waals surface area (Å²) in [7, 11) is -3.83. The molecule has 0 saturated heterocycles. The van der Waals surface area contributed by atoms with Crippen LogP contribution in [0.4, 0.5) is 11.4 Å². The van der Waals surface area contributed by atoms with Gasteiger partial charge in [-0.25, -0.2) is 13.2 Å². The number of hydrogen-bond donors (Lipinski definition) is 1. The van der Waals surface area contributed by atoms with Crippen LogP contribution in [0.5, 0.6) is 5.75 Å². The summed E-state index contributed by atoms with van der Waals surface area (Å²) >= 11 is 0. The van der Waals surface area contributed by atoms with Gasteiger partial charge in [0.15, 0.2) is 6.79 Å². The smallest absolute Gasteiger partial charge is 0.338 e. The fourth-order valence-corrected chi connectivity index (χ4v) is 4.31. The molecule has 3 aromatic carbocycles. The average Bonchev–Trinajstić information content (AvgIpc) is 2.82. The number of nitro groups is 1. The molecule has 10 nitrogen and oxygen atoms in total. The number of sulfonamides is 1. The molecule has 0 fully saturated rings. The van der Waals surface area contributed by atoms with Crippen molar-refractivity contribution in [1.82, 2.24) is 0 Å². The Morgan fingerprint density at radius 2 is 1.88 bits per heavy atom. The van der Waals surface area contributed by atoms with Crippen LogP contribution in [-0.2, 0) is 32.7 Å². The van der Waals surface area contributed by atoms with Gasteiger partial charge in [0.2, 0.25) is 0 Å². The standard InChI is InChI=1S/C22H18N2O8S/c25-22(31-13-17-11-19(24(26)27)10-16-12-30-14-32-21(16)17)15-5-4-6-18(9-15)23-33(28,29)20-7-2-1-3-8-20/h1-11,23H,12-14H2. The lowest BCUT2D eigenvalue weighted by atomic mass is 10.1. The Kier molecular flexibility index (Phi) is 6.24. The van der Waals surface area contributed by atoms with Crippen molar-refractivity contribution in [2.75, 3.05) is 11.5 Å². The number of rotatable bonds is 7. The maximum absolute atomic E-state index is 12.6. The van der Waals surface area contributed by atoms with Crippen LogP contribution in [0.1, 0.15) is 21.5 Å². The summed E-state index contributed by atoms with van der Waals surface area (Å²) in [6.45, 7) is -0.153. The molecule has 0 spiro atoms. The molecule has 11 heteroatoms. The van der Waals surface area contributed by atoms with Gasteiger partial charge in [0.1, 0.15) is 12.4 Å². The van der Waals surface area contributed by atoms with Crippen molar-refractivity contribution < 1.29 is 32.3 Å². The van der Waals surface area contributed by atoms with Crippen LogP contribution in [0, 0.1) is 10.1 Å². The number of esters is 1. The molecule has 4 rings (SSSR count). The van der Waals surface area contributed by atoms with Gasteiger partial charge in [-0.3, -0.25) is 14.8 Å². The molecule has 1 aliphatic rings. The molecule has 0 atom stereocenters. The highest BCUT2D eigenvalue weighted by Crippen LogP contribution is 2.33. The third-order valence-corrected chi connectivity index (χ3v) is 6.14. The lowest BCUT2D eigenvalue weighted by Gasteiger charge is -2.20. The quantitative estimate of drug-likeness (QED) is 0.314. The molecule has 0 radical (unpaired) electrons. The fourth-order valence-electron chi connectivity index (χ4n) is 3.24. The molecule has 1 N–H and O–H groups in total. The number of carbonyl (C=O) groups excluding carboxylic acids is 1. The van der Waals surface area contributed by atoms with Gasteiger partial charge in [0, 0.05) is 28.9 Å². The maximum Gasteiger partial charge on any atom is 0.338 e. The first kappa shape index (κ1) is 22.2. The lowest BCUT2D eigenvalue weighted by Crippen LogP contribution is -2.15. The van der Waals surface area contributed by atoms with E-state index in [2.05, 4.69) is 4.72 Å². The summed E-state index contributed by atoms with van der Waals surface area (Å²) in [5, 5.41) is 11.2. The molecule has 3 aromatic rings. The second kappa shape index (κ2) is 9.27. The first-order valence-corrected chi connectivity index (χ1v) is 11.2. The SMILES string of the molecule is O=C(OCc1cc([N+](=O)[O-])cc2c1OCOC2)c1cccc(NS(=O)(=O)c2ccccc2)c1. The van der Waals surface area contributed by atoms with Crippen LogP contribution in [0.15, 0.2) is 71.6 Å². The summed E-state index contributed by atoms with van der Waals surface area (Å²) in [6, 6.07) is 16.3. The van der Waals surface area contributed by atoms with Gasteiger partial charge >= 0.3 is 5.97 Å². The van der Waals surface area contributed by atoms with Crippen LogP contribution < -0.4 is 9.46 Å². The predicted octanol–water partition coefficient (Wildman–Crippen LogP) is 3.62. The van der Waals surface area contributed by atoms with Gasteiger partial charge in [-0.2, -0.15) is 0 Å². The Balaban J connectivity index is 1.50. The van der Waals surface area contributed by atoms with Gasteiger partial charge in [-0.15, -0.1) is 0 Å². The summed E-state index contributed by atoms with van der Waals surface area (Å²) < 4.78 is 43.4. The first-order valence-electron chi connectivity index (χ1n) is 9.69. The number of nitrogens with one attached hydrogen (secondary N) is 1. The van der Waals surface area contributed by atoms with Gasteiger partial charge < -0.3 is 14.2 Å². The molecular weight excluding hydrogens is 452 g/mol. The van der Waals surface area contributed by atoms with E-state index < -0.39 is 20.9 Å². The molecule has 1 aliphatic heterocycles. The Morgan fingerprint density at radius 1 is 1.09 bits per heavy atom. The number of carbonyl (C=O) groups is 1. The Bertz CT molecular complexity index is 1310. The maximum atomic E-state index is 12.6. The van der Waals surface area contributed by atoms with Gasteiger partial charge in [0.25, 0.3) is 15.7 Å². The molecular formula is C22H18N2O8S. The van der Waals surface area contributed by atoms with Gasteiger partial charge in [-0.05, 0) is 30.3 Å². The number of anilines is 1. The van der Waals surface area contributed by atoms with E-state index >= 15 is 0 Å². The van der Waals surface area contributed by atoms with E-state index in [9.17, 15) is 23.3 Å². The Labute approximate surface area is 188 Å². The van der Waals surface area contributed by atoms with Crippen molar-refractivity contribution in [1.29, 1.82) is 0 Å². The van der Waals surface area contributed by atoms with Crippen molar-refractivity contribution in [2.24, 2.45) is 0 Å². The van der Waals surface area contributed by atoms with E-state index in [4.69, 9.17) is 14.2 Å². The van der Waals surface area contributed by atoms with Crippen LogP contribution in [0.2, 0.25) is 0 Å². The summed E-state index contributed by atoms with van der Waals surface area (Å²) in [5.41, 5.74) is 0.926. The third kappa shape index (κ3) is 5.10. The minimum Gasteiger partial charge on any atom is -0.467 e. The number of fused-ring (bicyclic) bond motifs is 1. The molecule has 0 amide bonds. The monoisotopic (exact) mass is 470 g/mol. The summed E-state index contributed by atoms with van der Waals surface area (Å²) in [4.78, 5) is 23.3. The number of nitrogens with zero attached hydrogens (tertiary/aromatic N) is 1. The van der Waals surface area contributed by atoms with Gasteiger partial charge in [0.05, 0.1) is 22.0 Å².